The van der Waals surface area contributed by atoms with Crippen LogP contribution < -0.4 is 19.7 Å². The van der Waals surface area contributed by atoms with Gasteiger partial charge in [0.25, 0.3) is 5.91 Å². The number of ether oxygens (including phenoxy) is 2. The predicted molar refractivity (Wildman–Crippen MR) is 145 cm³/mol. The number of methoxy groups -OCH3 is 2. The van der Waals surface area contributed by atoms with Crippen molar-refractivity contribution >= 4 is 63.7 Å². The van der Waals surface area contributed by atoms with Gasteiger partial charge in [0.15, 0.2) is 16.6 Å². The maximum atomic E-state index is 13.6. The number of para-hydroxylation sites is 1. The molecular formula is C26H23Cl2N3O4S. The summed E-state index contributed by atoms with van der Waals surface area (Å²) in [4.78, 5) is 29.7. The average molecular weight is 544 g/mol. The quantitative estimate of drug-likeness (QED) is 0.376. The normalized spacial score (nSPS) is 15.3. The van der Waals surface area contributed by atoms with Gasteiger partial charge in [-0.2, -0.15) is 0 Å². The number of benzene rings is 3. The van der Waals surface area contributed by atoms with Crippen molar-refractivity contribution in [3.05, 3.63) is 82.3 Å². The molecule has 1 N–H and O–H groups in total. The van der Waals surface area contributed by atoms with Crippen LogP contribution in [-0.4, -0.2) is 42.1 Å². The molecule has 0 bridgehead atoms. The monoisotopic (exact) mass is 543 g/mol. The number of nitrogens with one attached hydrogen (secondary N) is 1. The molecule has 10 heteroatoms. The van der Waals surface area contributed by atoms with E-state index in [1.807, 2.05) is 12.1 Å². The SMILES string of the molecule is COc1ccc(CN2C(=S)N(c3ccc(Cl)cc3)C(=O)C2CC(=O)Nc2ccccc2Cl)cc1OC. The number of hydrogen-bond donors (Lipinski definition) is 1. The van der Waals surface area contributed by atoms with Gasteiger partial charge in [0.2, 0.25) is 5.91 Å². The molecule has 3 aromatic carbocycles. The minimum Gasteiger partial charge on any atom is -0.493 e. The van der Waals surface area contributed by atoms with Crippen molar-refractivity contribution in [1.82, 2.24) is 4.90 Å². The van der Waals surface area contributed by atoms with Gasteiger partial charge >= 0.3 is 0 Å². The summed E-state index contributed by atoms with van der Waals surface area (Å²) in [6.45, 7) is 0.277. The molecule has 0 aromatic heterocycles. The zero-order valence-electron chi connectivity index (χ0n) is 19.5. The maximum absolute atomic E-state index is 13.6. The average Bonchev–Trinajstić information content (AvgIpc) is 3.09. The Morgan fingerprint density at radius 1 is 1.00 bits per heavy atom. The minimum atomic E-state index is -0.830. The molecule has 1 aliphatic rings. The van der Waals surface area contributed by atoms with Crippen LogP contribution in [0.2, 0.25) is 10.0 Å². The molecule has 7 nitrogen and oxygen atoms in total. The zero-order valence-corrected chi connectivity index (χ0v) is 21.9. The van der Waals surface area contributed by atoms with Gasteiger partial charge in [-0.3, -0.25) is 14.5 Å². The number of halogens is 2. The van der Waals surface area contributed by atoms with E-state index >= 15 is 0 Å². The highest BCUT2D eigenvalue weighted by Crippen LogP contribution is 2.32. The largest absolute Gasteiger partial charge is 0.493 e. The fraction of sp³-hybridized carbons (Fsp3) is 0.192. The summed E-state index contributed by atoms with van der Waals surface area (Å²) in [5.74, 6) is 0.463. The first-order valence-corrected chi connectivity index (χ1v) is 12.1. The lowest BCUT2D eigenvalue weighted by Crippen LogP contribution is -2.37. The lowest BCUT2D eigenvalue weighted by atomic mass is 10.1. The first-order chi connectivity index (χ1) is 17.3. The molecule has 1 fully saturated rings. The standard InChI is InChI=1S/C26H23Cl2N3O4S/c1-34-22-12-7-16(13-23(22)35-2)15-30-21(14-24(32)29-20-6-4-3-5-19(20)28)25(33)31(26(30)36)18-10-8-17(27)9-11-18/h3-13,21H,14-15H2,1-2H3,(H,29,32). The van der Waals surface area contributed by atoms with Crippen LogP contribution in [0.5, 0.6) is 11.5 Å². The molecule has 0 aliphatic carbocycles. The predicted octanol–water partition coefficient (Wildman–Crippen LogP) is 5.54. The van der Waals surface area contributed by atoms with Crippen LogP contribution >= 0.6 is 35.4 Å². The number of carbonyl (C=O) groups is 2. The number of thiocarbonyl (C=S) groups is 1. The molecule has 0 saturated carbocycles. The van der Waals surface area contributed by atoms with Gasteiger partial charge in [0.05, 0.1) is 37.0 Å². The molecule has 1 unspecified atom stereocenters. The lowest BCUT2D eigenvalue weighted by Gasteiger charge is -2.24. The number of amides is 2. The Balaban J connectivity index is 1.64. The summed E-state index contributed by atoms with van der Waals surface area (Å²) < 4.78 is 10.7. The molecule has 1 aliphatic heterocycles. The van der Waals surface area contributed by atoms with Gasteiger partial charge in [0, 0.05) is 11.6 Å². The van der Waals surface area contributed by atoms with Crippen LogP contribution in [0.15, 0.2) is 66.7 Å². The van der Waals surface area contributed by atoms with Crippen LogP contribution in [0.4, 0.5) is 11.4 Å². The van der Waals surface area contributed by atoms with Crippen molar-refractivity contribution in [3.63, 3.8) is 0 Å². The van der Waals surface area contributed by atoms with E-state index in [2.05, 4.69) is 5.32 Å². The molecule has 3 aromatic rings. The van der Waals surface area contributed by atoms with Crippen LogP contribution in [-0.2, 0) is 16.1 Å². The first-order valence-electron chi connectivity index (χ1n) is 11.0. The molecule has 4 rings (SSSR count). The van der Waals surface area contributed by atoms with E-state index in [1.54, 1.807) is 73.7 Å². The number of rotatable bonds is 8. The minimum absolute atomic E-state index is 0.123. The summed E-state index contributed by atoms with van der Waals surface area (Å²) in [6, 6.07) is 18.3. The molecular weight excluding hydrogens is 521 g/mol. The van der Waals surface area contributed by atoms with E-state index in [-0.39, 0.29) is 29.9 Å². The van der Waals surface area contributed by atoms with Crippen molar-refractivity contribution in [2.45, 2.75) is 19.0 Å². The molecule has 2 amide bonds. The van der Waals surface area contributed by atoms with Gasteiger partial charge < -0.3 is 19.7 Å². The topological polar surface area (TPSA) is 71.1 Å². The third-order valence-electron chi connectivity index (χ3n) is 5.73. The zero-order chi connectivity index (χ0) is 25.8. The lowest BCUT2D eigenvalue weighted by molar-refractivity contribution is -0.124. The number of nitrogens with zero attached hydrogens (tertiary/aromatic N) is 2. The molecule has 0 radical (unpaired) electrons. The highest BCUT2D eigenvalue weighted by Gasteiger charge is 2.44. The third kappa shape index (κ3) is 5.41. The van der Waals surface area contributed by atoms with Gasteiger partial charge in [-0.1, -0.05) is 41.4 Å². The fourth-order valence-electron chi connectivity index (χ4n) is 3.96. The second-order valence-corrected chi connectivity index (χ2v) is 9.21. The van der Waals surface area contributed by atoms with E-state index in [9.17, 15) is 9.59 Å². The van der Waals surface area contributed by atoms with Crippen LogP contribution in [0.1, 0.15) is 12.0 Å². The highest BCUT2D eigenvalue weighted by molar-refractivity contribution is 7.80. The van der Waals surface area contributed by atoms with Gasteiger partial charge in [-0.05, 0) is 66.3 Å². The Morgan fingerprint density at radius 3 is 2.36 bits per heavy atom. The molecule has 1 atom stereocenters. The molecule has 186 valence electrons. The summed E-state index contributed by atoms with van der Waals surface area (Å²) in [5.41, 5.74) is 1.87. The van der Waals surface area contributed by atoms with E-state index in [4.69, 9.17) is 44.9 Å². The van der Waals surface area contributed by atoms with E-state index in [0.717, 1.165) is 5.56 Å². The van der Waals surface area contributed by atoms with Crippen molar-refractivity contribution in [2.75, 3.05) is 24.4 Å². The summed E-state index contributed by atoms with van der Waals surface area (Å²) in [6.07, 6.45) is -0.123. The van der Waals surface area contributed by atoms with E-state index in [0.29, 0.717) is 32.9 Å². The summed E-state index contributed by atoms with van der Waals surface area (Å²) in [5, 5.41) is 4.01. The van der Waals surface area contributed by atoms with E-state index in [1.165, 1.54) is 4.90 Å². The Morgan fingerprint density at radius 2 is 1.69 bits per heavy atom. The van der Waals surface area contributed by atoms with Crippen LogP contribution in [0.25, 0.3) is 0 Å². The number of hydrogen-bond acceptors (Lipinski definition) is 5. The third-order valence-corrected chi connectivity index (χ3v) is 6.73. The summed E-state index contributed by atoms with van der Waals surface area (Å²) >= 11 is 18.0. The molecule has 36 heavy (non-hydrogen) atoms. The Labute approximate surface area is 224 Å². The van der Waals surface area contributed by atoms with Crippen molar-refractivity contribution in [2.24, 2.45) is 0 Å². The number of carbonyl (C=O) groups excluding carboxylic acids is 2. The Kier molecular flexibility index (Phi) is 7.98. The van der Waals surface area contributed by atoms with E-state index < -0.39 is 6.04 Å². The molecule has 0 spiro atoms. The maximum Gasteiger partial charge on any atom is 0.256 e. The number of anilines is 2. The molecule has 1 saturated heterocycles. The van der Waals surface area contributed by atoms with Crippen LogP contribution in [0, 0.1) is 0 Å². The second kappa shape index (κ2) is 11.2. The smallest absolute Gasteiger partial charge is 0.256 e. The van der Waals surface area contributed by atoms with Crippen molar-refractivity contribution < 1.29 is 19.1 Å². The van der Waals surface area contributed by atoms with Crippen LogP contribution in [0.3, 0.4) is 0 Å². The first kappa shape index (κ1) is 25.8. The van der Waals surface area contributed by atoms with Crippen molar-refractivity contribution in [1.29, 1.82) is 0 Å². The Hall–Kier alpha value is -3.33. The van der Waals surface area contributed by atoms with Gasteiger partial charge in [-0.15, -0.1) is 0 Å². The molecule has 1 heterocycles. The summed E-state index contributed by atoms with van der Waals surface area (Å²) in [7, 11) is 3.11. The van der Waals surface area contributed by atoms with Gasteiger partial charge in [-0.25, -0.2) is 0 Å². The van der Waals surface area contributed by atoms with Gasteiger partial charge in [0.1, 0.15) is 6.04 Å². The van der Waals surface area contributed by atoms with Crippen molar-refractivity contribution in [3.8, 4) is 11.5 Å². The highest BCUT2D eigenvalue weighted by atomic mass is 35.5. The second-order valence-electron chi connectivity index (χ2n) is 8.00. The Bertz CT molecular complexity index is 1300. The fourth-order valence-corrected chi connectivity index (χ4v) is 4.65.